The van der Waals surface area contributed by atoms with Gasteiger partial charge in [0.25, 0.3) is 0 Å². The van der Waals surface area contributed by atoms with Crippen molar-refractivity contribution < 1.29 is 9.59 Å². The van der Waals surface area contributed by atoms with Crippen molar-refractivity contribution >= 4 is 17.6 Å². The van der Waals surface area contributed by atoms with Gasteiger partial charge in [-0.1, -0.05) is 19.3 Å². The molecule has 2 saturated heterocycles. The molecule has 4 aliphatic rings. The first-order chi connectivity index (χ1) is 15.6. The average Bonchev–Trinajstić information content (AvgIpc) is 3.44. The lowest BCUT2D eigenvalue weighted by Crippen LogP contribution is -2.41. The Hall–Kier alpha value is -2.18. The fourth-order valence-corrected chi connectivity index (χ4v) is 6.18. The Bertz CT molecular complexity index is 866. The molecule has 0 aromatic carbocycles. The minimum absolute atomic E-state index is 0.0424. The summed E-state index contributed by atoms with van der Waals surface area (Å²) < 4.78 is 0. The third kappa shape index (κ3) is 4.35. The van der Waals surface area contributed by atoms with Gasteiger partial charge in [-0.15, -0.1) is 0 Å². The molecular weight excluding hydrogens is 402 g/mol. The Morgan fingerprint density at radius 2 is 1.69 bits per heavy atom. The number of aromatic nitrogens is 2. The molecule has 2 amide bonds. The van der Waals surface area contributed by atoms with Gasteiger partial charge in [0.05, 0.1) is 12.6 Å². The van der Waals surface area contributed by atoms with Crippen LogP contribution in [0.4, 0.5) is 5.82 Å². The maximum absolute atomic E-state index is 13.1. The molecule has 7 nitrogen and oxygen atoms in total. The van der Waals surface area contributed by atoms with E-state index in [4.69, 9.17) is 9.97 Å². The van der Waals surface area contributed by atoms with Crippen molar-refractivity contribution in [2.24, 2.45) is 5.92 Å². The van der Waals surface area contributed by atoms with Crippen molar-refractivity contribution in [2.45, 2.75) is 83.6 Å². The summed E-state index contributed by atoms with van der Waals surface area (Å²) in [6.07, 6.45) is 12.3. The van der Waals surface area contributed by atoms with Gasteiger partial charge in [-0.25, -0.2) is 9.97 Å². The average molecular weight is 440 g/mol. The van der Waals surface area contributed by atoms with Gasteiger partial charge in [0.15, 0.2) is 5.82 Å². The van der Waals surface area contributed by atoms with Crippen LogP contribution >= 0.6 is 0 Å². The number of nitrogens with zero attached hydrogens (tertiary/aromatic N) is 5. The third-order valence-corrected chi connectivity index (χ3v) is 7.94. The number of fused-ring (bicyclic) bond motifs is 1. The molecule has 0 radical (unpaired) electrons. The standard InChI is InChI=1S/C25H37N5O2/c1-18-20-10-5-14-29(16-19-8-3-2-4-9-19)25(20)27-24(26-18)21-11-6-15-30(21)23(32)17-28-13-7-12-22(28)31/h19,21H,2-17H2,1H3. The van der Waals surface area contributed by atoms with Crippen LogP contribution in [0.15, 0.2) is 0 Å². The number of likely N-dealkylation sites (tertiary alicyclic amines) is 2. The van der Waals surface area contributed by atoms with Crippen LogP contribution in [0, 0.1) is 12.8 Å². The minimum Gasteiger partial charge on any atom is -0.356 e. The van der Waals surface area contributed by atoms with Gasteiger partial charge in [0.1, 0.15) is 5.82 Å². The zero-order valence-electron chi connectivity index (χ0n) is 19.5. The molecule has 1 unspecified atom stereocenters. The molecular formula is C25H37N5O2. The van der Waals surface area contributed by atoms with E-state index < -0.39 is 0 Å². The van der Waals surface area contributed by atoms with E-state index in [0.29, 0.717) is 13.0 Å². The molecule has 174 valence electrons. The van der Waals surface area contributed by atoms with E-state index in [1.54, 1.807) is 4.90 Å². The van der Waals surface area contributed by atoms with Crippen LogP contribution in [-0.2, 0) is 16.0 Å². The van der Waals surface area contributed by atoms with Gasteiger partial charge in [0, 0.05) is 43.9 Å². The summed E-state index contributed by atoms with van der Waals surface area (Å²) in [5, 5.41) is 0. The molecule has 1 aliphatic carbocycles. The van der Waals surface area contributed by atoms with E-state index in [-0.39, 0.29) is 24.4 Å². The lowest BCUT2D eigenvalue weighted by molar-refractivity contribution is -0.139. The lowest BCUT2D eigenvalue weighted by atomic mass is 9.88. The molecule has 1 aromatic rings. The number of carbonyl (C=O) groups is 2. The van der Waals surface area contributed by atoms with E-state index in [0.717, 1.165) is 68.6 Å². The smallest absolute Gasteiger partial charge is 0.242 e. The quantitative estimate of drug-likeness (QED) is 0.703. The topological polar surface area (TPSA) is 69.6 Å². The summed E-state index contributed by atoms with van der Waals surface area (Å²) in [6.45, 7) is 5.92. The summed E-state index contributed by atoms with van der Waals surface area (Å²) in [6, 6.07) is -0.0670. The van der Waals surface area contributed by atoms with E-state index in [2.05, 4.69) is 11.8 Å². The Morgan fingerprint density at radius 1 is 0.906 bits per heavy atom. The van der Waals surface area contributed by atoms with Gasteiger partial charge in [-0.2, -0.15) is 0 Å². The second-order valence-electron chi connectivity index (χ2n) is 10.2. The first-order valence-corrected chi connectivity index (χ1v) is 12.8. The predicted molar refractivity (Wildman–Crippen MR) is 123 cm³/mol. The highest BCUT2D eigenvalue weighted by Gasteiger charge is 2.35. The van der Waals surface area contributed by atoms with E-state index in [9.17, 15) is 9.59 Å². The van der Waals surface area contributed by atoms with Crippen LogP contribution < -0.4 is 4.90 Å². The number of aryl methyl sites for hydroxylation is 1. The monoisotopic (exact) mass is 439 g/mol. The van der Waals surface area contributed by atoms with E-state index in [1.807, 2.05) is 4.90 Å². The fourth-order valence-electron chi connectivity index (χ4n) is 6.18. The summed E-state index contributed by atoms with van der Waals surface area (Å²) in [7, 11) is 0. The Labute approximate surface area is 191 Å². The van der Waals surface area contributed by atoms with Crippen molar-refractivity contribution in [3.63, 3.8) is 0 Å². The second-order valence-corrected chi connectivity index (χ2v) is 10.2. The van der Waals surface area contributed by atoms with Gasteiger partial charge >= 0.3 is 0 Å². The number of carbonyl (C=O) groups excluding carboxylic acids is 2. The van der Waals surface area contributed by atoms with Crippen molar-refractivity contribution in [3.8, 4) is 0 Å². The van der Waals surface area contributed by atoms with Gasteiger partial charge in [-0.3, -0.25) is 9.59 Å². The zero-order chi connectivity index (χ0) is 22.1. The Balaban J connectivity index is 1.36. The molecule has 1 saturated carbocycles. The van der Waals surface area contributed by atoms with Crippen LogP contribution in [0.5, 0.6) is 0 Å². The zero-order valence-corrected chi connectivity index (χ0v) is 19.5. The molecule has 0 bridgehead atoms. The maximum atomic E-state index is 13.1. The first kappa shape index (κ1) is 21.7. The molecule has 0 N–H and O–H groups in total. The minimum atomic E-state index is -0.0670. The Kier molecular flexibility index (Phi) is 6.33. The summed E-state index contributed by atoms with van der Waals surface area (Å²) in [4.78, 5) is 41.3. The molecule has 3 fully saturated rings. The first-order valence-electron chi connectivity index (χ1n) is 12.8. The maximum Gasteiger partial charge on any atom is 0.242 e. The van der Waals surface area contributed by atoms with Crippen molar-refractivity contribution in [2.75, 3.05) is 37.6 Å². The van der Waals surface area contributed by atoms with Gasteiger partial charge in [0.2, 0.25) is 11.8 Å². The number of rotatable bonds is 5. The summed E-state index contributed by atoms with van der Waals surface area (Å²) in [5.41, 5.74) is 2.38. The van der Waals surface area contributed by atoms with Crippen molar-refractivity contribution in [3.05, 3.63) is 17.1 Å². The van der Waals surface area contributed by atoms with Crippen molar-refractivity contribution in [1.29, 1.82) is 0 Å². The predicted octanol–water partition coefficient (Wildman–Crippen LogP) is 3.40. The van der Waals surface area contributed by atoms with Gasteiger partial charge < -0.3 is 14.7 Å². The third-order valence-electron chi connectivity index (χ3n) is 7.94. The number of hydrogen-bond donors (Lipinski definition) is 0. The largest absolute Gasteiger partial charge is 0.356 e. The van der Waals surface area contributed by atoms with Gasteiger partial charge in [-0.05, 0) is 57.8 Å². The highest BCUT2D eigenvalue weighted by Crippen LogP contribution is 2.35. The lowest BCUT2D eigenvalue weighted by Gasteiger charge is -2.35. The molecule has 4 heterocycles. The number of amides is 2. The van der Waals surface area contributed by atoms with Crippen LogP contribution in [0.3, 0.4) is 0 Å². The molecule has 0 spiro atoms. The molecule has 1 aromatic heterocycles. The van der Waals surface area contributed by atoms with E-state index >= 15 is 0 Å². The fraction of sp³-hybridized carbons (Fsp3) is 0.760. The second kappa shape index (κ2) is 9.36. The van der Waals surface area contributed by atoms with E-state index in [1.165, 1.54) is 44.1 Å². The van der Waals surface area contributed by atoms with Crippen LogP contribution in [0.25, 0.3) is 0 Å². The Morgan fingerprint density at radius 3 is 2.47 bits per heavy atom. The molecule has 1 atom stereocenters. The normalized spacial score (nSPS) is 24.3. The highest BCUT2D eigenvalue weighted by atomic mass is 16.2. The van der Waals surface area contributed by atoms with Crippen molar-refractivity contribution in [1.82, 2.24) is 19.8 Å². The summed E-state index contributed by atoms with van der Waals surface area (Å²) in [5.74, 6) is 2.85. The molecule has 3 aliphatic heterocycles. The number of hydrogen-bond acceptors (Lipinski definition) is 5. The SMILES string of the molecule is Cc1nc(C2CCCN2C(=O)CN2CCCC2=O)nc2c1CCCN2CC1CCCCC1. The molecule has 7 heteroatoms. The molecule has 5 rings (SSSR count). The highest BCUT2D eigenvalue weighted by molar-refractivity contribution is 5.86. The summed E-state index contributed by atoms with van der Waals surface area (Å²) >= 11 is 0. The number of anilines is 1. The van der Waals surface area contributed by atoms with Crippen LogP contribution in [-0.4, -0.2) is 64.3 Å². The molecule has 32 heavy (non-hydrogen) atoms. The van der Waals surface area contributed by atoms with Crippen LogP contribution in [0.1, 0.15) is 87.3 Å². The van der Waals surface area contributed by atoms with Crippen LogP contribution in [0.2, 0.25) is 0 Å².